The van der Waals surface area contributed by atoms with Crippen molar-refractivity contribution in [1.29, 1.82) is 0 Å². The molecule has 66 valence electrons. The highest BCUT2D eigenvalue weighted by Crippen LogP contribution is 2.42. The molecule has 0 amide bonds. The maximum atomic E-state index is 4.64. The smallest absolute Gasteiger partial charge is 0.0963 e. The van der Waals surface area contributed by atoms with Gasteiger partial charge in [-0.2, -0.15) is 0 Å². The highest BCUT2D eigenvalue weighted by atomic mass is 32.1. The molecular formula is C10H9NS2. The van der Waals surface area contributed by atoms with Gasteiger partial charge in [0.25, 0.3) is 0 Å². The van der Waals surface area contributed by atoms with E-state index in [1.807, 2.05) is 11.3 Å². The zero-order valence-electron chi connectivity index (χ0n) is 7.06. The van der Waals surface area contributed by atoms with E-state index in [0.717, 1.165) is 5.92 Å². The second-order valence-electron chi connectivity index (χ2n) is 3.32. The summed E-state index contributed by atoms with van der Waals surface area (Å²) in [7, 11) is 0. The second-order valence-corrected chi connectivity index (χ2v) is 5.16. The van der Waals surface area contributed by atoms with E-state index in [4.69, 9.17) is 0 Å². The van der Waals surface area contributed by atoms with E-state index in [1.165, 1.54) is 28.4 Å². The number of aromatic nitrogens is 1. The fourth-order valence-corrected chi connectivity index (χ4v) is 3.09. The van der Waals surface area contributed by atoms with E-state index in [0.29, 0.717) is 0 Å². The Labute approximate surface area is 85.1 Å². The molecule has 1 aliphatic carbocycles. The average molecular weight is 207 g/mol. The van der Waals surface area contributed by atoms with Crippen LogP contribution in [0.2, 0.25) is 0 Å². The zero-order chi connectivity index (χ0) is 8.67. The lowest BCUT2D eigenvalue weighted by Gasteiger charge is -1.87. The Balaban J connectivity index is 1.97. The van der Waals surface area contributed by atoms with Gasteiger partial charge in [-0.25, -0.2) is 4.98 Å². The molecule has 3 rings (SSSR count). The first-order valence-electron chi connectivity index (χ1n) is 4.43. The summed E-state index contributed by atoms with van der Waals surface area (Å²) in [6.07, 6.45) is 2.69. The maximum Gasteiger partial charge on any atom is 0.0963 e. The summed E-state index contributed by atoms with van der Waals surface area (Å²) in [4.78, 5) is 5.94. The van der Waals surface area contributed by atoms with Gasteiger partial charge >= 0.3 is 0 Å². The lowest BCUT2D eigenvalue weighted by atomic mass is 10.4. The van der Waals surface area contributed by atoms with Crippen molar-refractivity contribution in [3.05, 3.63) is 27.9 Å². The molecular weight excluding hydrogens is 198 g/mol. The summed E-state index contributed by atoms with van der Waals surface area (Å²) in [5.74, 6) is 0.790. The van der Waals surface area contributed by atoms with Crippen molar-refractivity contribution < 1.29 is 0 Å². The van der Waals surface area contributed by atoms with Crippen molar-refractivity contribution in [2.75, 3.05) is 0 Å². The molecule has 0 spiro atoms. The third-order valence-corrected chi connectivity index (χ3v) is 4.12. The van der Waals surface area contributed by atoms with Crippen LogP contribution in [0.4, 0.5) is 0 Å². The van der Waals surface area contributed by atoms with Gasteiger partial charge in [0, 0.05) is 11.3 Å². The number of hydrogen-bond acceptors (Lipinski definition) is 3. The van der Waals surface area contributed by atoms with Crippen LogP contribution in [0.1, 0.15) is 23.8 Å². The van der Waals surface area contributed by atoms with Gasteiger partial charge in [0.05, 0.1) is 15.6 Å². The topological polar surface area (TPSA) is 12.9 Å². The Kier molecular flexibility index (Phi) is 1.73. The Morgan fingerprint density at radius 1 is 1.31 bits per heavy atom. The molecule has 0 saturated heterocycles. The molecule has 1 saturated carbocycles. The van der Waals surface area contributed by atoms with E-state index in [9.17, 15) is 0 Å². The van der Waals surface area contributed by atoms with Gasteiger partial charge in [0.2, 0.25) is 0 Å². The van der Waals surface area contributed by atoms with Crippen molar-refractivity contribution in [2.24, 2.45) is 0 Å². The summed E-state index contributed by atoms with van der Waals surface area (Å²) in [6.45, 7) is 0. The van der Waals surface area contributed by atoms with Gasteiger partial charge in [0.1, 0.15) is 0 Å². The van der Waals surface area contributed by atoms with Crippen LogP contribution < -0.4 is 0 Å². The third kappa shape index (κ3) is 1.42. The molecule has 1 nitrogen and oxygen atoms in total. The van der Waals surface area contributed by atoms with Crippen LogP contribution in [0.3, 0.4) is 0 Å². The minimum Gasteiger partial charge on any atom is -0.240 e. The first kappa shape index (κ1) is 7.71. The van der Waals surface area contributed by atoms with E-state index >= 15 is 0 Å². The van der Waals surface area contributed by atoms with E-state index in [2.05, 4.69) is 27.9 Å². The van der Waals surface area contributed by atoms with Crippen molar-refractivity contribution in [3.8, 4) is 10.6 Å². The molecule has 2 aromatic rings. The van der Waals surface area contributed by atoms with Crippen molar-refractivity contribution in [2.45, 2.75) is 18.8 Å². The van der Waals surface area contributed by atoms with Crippen molar-refractivity contribution in [3.63, 3.8) is 0 Å². The largest absolute Gasteiger partial charge is 0.240 e. The monoisotopic (exact) mass is 207 g/mol. The highest BCUT2D eigenvalue weighted by molar-refractivity contribution is 7.14. The van der Waals surface area contributed by atoms with E-state index in [-0.39, 0.29) is 0 Å². The first-order valence-corrected chi connectivity index (χ1v) is 6.19. The Bertz CT molecular complexity index is 398. The van der Waals surface area contributed by atoms with Crippen LogP contribution in [0.25, 0.3) is 10.6 Å². The van der Waals surface area contributed by atoms with Gasteiger partial charge in [-0.05, 0) is 24.3 Å². The molecule has 0 N–H and O–H groups in total. The number of nitrogens with zero attached hydrogens (tertiary/aromatic N) is 1. The molecule has 0 unspecified atom stereocenters. The predicted molar refractivity (Wildman–Crippen MR) is 57.4 cm³/mol. The standard InChI is InChI=1S/C10H9NS2/c1-2-9(12-5-1)8-6-13-10(11-8)7-3-4-7/h1-2,5-7H,3-4H2. The summed E-state index contributed by atoms with van der Waals surface area (Å²) in [6, 6.07) is 4.21. The van der Waals surface area contributed by atoms with Crippen molar-refractivity contribution >= 4 is 22.7 Å². The minimum absolute atomic E-state index is 0.790. The van der Waals surface area contributed by atoms with Crippen LogP contribution in [-0.4, -0.2) is 4.98 Å². The van der Waals surface area contributed by atoms with Gasteiger partial charge in [-0.3, -0.25) is 0 Å². The first-order chi connectivity index (χ1) is 6.43. The number of rotatable bonds is 2. The molecule has 3 heteroatoms. The van der Waals surface area contributed by atoms with Crippen LogP contribution in [-0.2, 0) is 0 Å². The van der Waals surface area contributed by atoms with Gasteiger partial charge in [-0.1, -0.05) is 6.07 Å². The lowest BCUT2D eigenvalue weighted by Crippen LogP contribution is -1.76. The molecule has 2 heterocycles. The van der Waals surface area contributed by atoms with Crippen LogP contribution >= 0.6 is 22.7 Å². The normalized spacial score (nSPS) is 16.3. The molecule has 0 aromatic carbocycles. The zero-order valence-corrected chi connectivity index (χ0v) is 8.70. The Morgan fingerprint density at radius 3 is 2.92 bits per heavy atom. The number of thiazole rings is 1. The van der Waals surface area contributed by atoms with Gasteiger partial charge in [-0.15, -0.1) is 22.7 Å². The molecule has 13 heavy (non-hydrogen) atoms. The van der Waals surface area contributed by atoms with E-state index in [1.54, 1.807) is 11.3 Å². The molecule has 0 radical (unpaired) electrons. The number of thiophene rings is 1. The molecule has 0 atom stereocenters. The molecule has 0 bridgehead atoms. The predicted octanol–water partition coefficient (Wildman–Crippen LogP) is 3.75. The molecule has 2 aromatic heterocycles. The van der Waals surface area contributed by atoms with E-state index < -0.39 is 0 Å². The second kappa shape index (κ2) is 2.93. The van der Waals surface area contributed by atoms with Gasteiger partial charge in [0.15, 0.2) is 0 Å². The van der Waals surface area contributed by atoms with Crippen molar-refractivity contribution in [1.82, 2.24) is 4.98 Å². The fourth-order valence-electron chi connectivity index (χ4n) is 1.34. The molecule has 1 aliphatic rings. The fraction of sp³-hybridized carbons (Fsp3) is 0.300. The Hall–Kier alpha value is -0.670. The average Bonchev–Trinajstić information content (AvgIpc) is 2.72. The molecule has 1 fully saturated rings. The van der Waals surface area contributed by atoms with Crippen LogP contribution in [0, 0.1) is 0 Å². The quantitative estimate of drug-likeness (QED) is 0.731. The highest BCUT2D eigenvalue weighted by Gasteiger charge is 2.26. The summed E-state index contributed by atoms with van der Waals surface area (Å²) in [5.41, 5.74) is 1.17. The third-order valence-electron chi connectivity index (χ3n) is 2.22. The summed E-state index contributed by atoms with van der Waals surface area (Å²) in [5, 5.41) is 5.62. The SMILES string of the molecule is c1csc(-c2csc(C3CC3)n2)c1. The van der Waals surface area contributed by atoms with Crippen LogP contribution in [0.5, 0.6) is 0 Å². The summed E-state index contributed by atoms with van der Waals surface area (Å²) >= 11 is 3.58. The van der Waals surface area contributed by atoms with Crippen LogP contribution in [0.15, 0.2) is 22.9 Å². The Morgan fingerprint density at radius 2 is 2.23 bits per heavy atom. The lowest BCUT2D eigenvalue weighted by molar-refractivity contribution is 1.09. The van der Waals surface area contributed by atoms with Gasteiger partial charge < -0.3 is 0 Å². The summed E-state index contributed by atoms with van der Waals surface area (Å²) < 4.78 is 0. The molecule has 0 aliphatic heterocycles. The maximum absolute atomic E-state index is 4.64. The minimum atomic E-state index is 0.790. The number of hydrogen-bond donors (Lipinski definition) is 0.